The van der Waals surface area contributed by atoms with Crippen molar-refractivity contribution >= 4 is 56.8 Å². The van der Waals surface area contributed by atoms with Gasteiger partial charge in [-0.05, 0) is 38.1 Å². The zero-order valence-electron chi connectivity index (χ0n) is 16.9. The van der Waals surface area contributed by atoms with E-state index >= 15 is 0 Å². The smallest absolute Gasteiger partial charge is 0.349 e. The second-order valence-corrected chi connectivity index (χ2v) is 7.72. The Balaban J connectivity index is 2.39. The maximum absolute atomic E-state index is 12.8. The van der Waals surface area contributed by atoms with Crippen molar-refractivity contribution < 1.29 is 28.3 Å². The molecule has 1 N–H and O–H groups in total. The number of nitrogens with one attached hydrogen (secondary N) is 1. The highest BCUT2D eigenvalue weighted by Crippen LogP contribution is 2.41. The first-order valence-electron chi connectivity index (χ1n) is 9.29. The van der Waals surface area contributed by atoms with Gasteiger partial charge in [-0.2, -0.15) is 0 Å². The highest BCUT2D eigenvalue weighted by atomic mass is 35.5. The van der Waals surface area contributed by atoms with E-state index in [0.717, 1.165) is 11.3 Å². The molecule has 31 heavy (non-hydrogen) atoms. The van der Waals surface area contributed by atoms with Crippen molar-refractivity contribution in [1.29, 1.82) is 0 Å². The number of carbonyl (C=O) groups excluding carboxylic acids is 3. The van der Waals surface area contributed by atoms with E-state index in [1.807, 2.05) is 0 Å². The van der Waals surface area contributed by atoms with Crippen LogP contribution in [0.2, 0.25) is 5.02 Å². The lowest BCUT2D eigenvalue weighted by molar-refractivity contribution is -0.114. The second kappa shape index (κ2) is 9.32. The molecule has 0 saturated carbocycles. The van der Waals surface area contributed by atoms with Crippen LogP contribution >= 0.6 is 22.9 Å². The largest absolute Gasteiger partial charge is 0.462 e. The number of ether oxygens (including phenoxy) is 2. The lowest BCUT2D eigenvalue weighted by Gasteiger charge is -2.09. The first-order valence-corrected chi connectivity index (χ1v) is 10.5. The summed E-state index contributed by atoms with van der Waals surface area (Å²) in [7, 11) is 0. The number of benzene rings is 1. The Morgan fingerprint density at radius 2 is 1.77 bits per heavy atom. The molecule has 1 amide bonds. The summed E-state index contributed by atoms with van der Waals surface area (Å²) in [6, 6.07) is 6.16. The minimum atomic E-state index is -0.807. The molecule has 0 bridgehead atoms. The highest BCUT2D eigenvalue weighted by Gasteiger charge is 2.32. The van der Waals surface area contributed by atoms with Gasteiger partial charge in [-0.1, -0.05) is 11.6 Å². The van der Waals surface area contributed by atoms with Crippen LogP contribution in [0.25, 0.3) is 22.1 Å². The van der Waals surface area contributed by atoms with E-state index in [0.29, 0.717) is 10.4 Å². The van der Waals surface area contributed by atoms with E-state index in [1.54, 1.807) is 26.0 Å². The molecule has 0 radical (unpaired) electrons. The summed E-state index contributed by atoms with van der Waals surface area (Å²) in [6.07, 6.45) is 0. The molecule has 1 aromatic carbocycles. The van der Waals surface area contributed by atoms with Gasteiger partial charge in [0.15, 0.2) is 0 Å². The Kier molecular flexibility index (Phi) is 6.77. The van der Waals surface area contributed by atoms with Crippen molar-refractivity contribution in [2.45, 2.75) is 20.8 Å². The number of carbonyl (C=O) groups is 3. The third-order valence-electron chi connectivity index (χ3n) is 4.10. The highest BCUT2D eigenvalue weighted by molar-refractivity contribution is 7.19. The Morgan fingerprint density at radius 1 is 1.10 bits per heavy atom. The molecule has 3 aromatic rings. The maximum atomic E-state index is 12.8. The van der Waals surface area contributed by atoms with E-state index in [2.05, 4.69) is 5.32 Å². The average Bonchev–Trinajstić information content (AvgIpc) is 3.06. The van der Waals surface area contributed by atoms with Crippen LogP contribution in [0.5, 0.6) is 0 Å². The molecule has 0 aliphatic carbocycles. The molecule has 0 fully saturated rings. The molecule has 0 unspecified atom stereocenters. The SMILES string of the molecule is CCOC(=O)c1sc(NC(C)=O)c(C(=O)OCC)c1-c1cc2cc(Cl)ccc2oc1=O. The van der Waals surface area contributed by atoms with Crippen molar-refractivity contribution in [3.63, 3.8) is 0 Å². The van der Waals surface area contributed by atoms with Crippen LogP contribution in [0.15, 0.2) is 33.5 Å². The van der Waals surface area contributed by atoms with Gasteiger partial charge in [0.2, 0.25) is 5.91 Å². The van der Waals surface area contributed by atoms with Crippen LogP contribution in [-0.2, 0) is 14.3 Å². The number of hydrogen-bond acceptors (Lipinski definition) is 8. The van der Waals surface area contributed by atoms with Crippen molar-refractivity contribution in [2.24, 2.45) is 0 Å². The molecule has 2 aromatic heterocycles. The summed E-state index contributed by atoms with van der Waals surface area (Å²) in [5.74, 6) is -2.03. The molecule has 0 aliphatic heterocycles. The van der Waals surface area contributed by atoms with Crippen molar-refractivity contribution in [3.8, 4) is 11.1 Å². The van der Waals surface area contributed by atoms with Crippen LogP contribution in [0, 0.1) is 0 Å². The Morgan fingerprint density at radius 3 is 2.42 bits per heavy atom. The summed E-state index contributed by atoms with van der Waals surface area (Å²) in [4.78, 5) is 50.0. The summed E-state index contributed by atoms with van der Waals surface area (Å²) in [5.41, 5.74) is -0.710. The normalized spacial score (nSPS) is 10.7. The molecule has 0 aliphatic rings. The summed E-state index contributed by atoms with van der Waals surface area (Å²) in [6.45, 7) is 4.61. The van der Waals surface area contributed by atoms with Gasteiger partial charge in [0.1, 0.15) is 21.0 Å². The quantitative estimate of drug-likeness (QED) is 0.423. The third kappa shape index (κ3) is 4.62. The van der Waals surface area contributed by atoms with Crippen LogP contribution < -0.4 is 10.9 Å². The third-order valence-corrected chi connectivity index (χ3v) is 5.42. The lowest BCUT2D eigenvalue weighted by Crippen LogP contribution is -2.14. The predicted molar refractivity (Wildman–Crippen MR) is 117 cm³/mol. The molecular formula is C21H18ClNO7S. The first-order chi connectivity index (χ1) is 14.8. The zero-order chi connectivity index (χ0) is 22.7. The summed E-state index contributed by atoms with van der Waals surface area (Å²) in [5, 5.41) is 3.48. The van der Waals surface area contributed by atoms with E-state index in [1.165, 1.54) is 19.1 Å². The van der Waals surface area contributed by atoms with Gasteiger partial charge in [0, 0.05) is 22.9 Å². The summed E-state index contributed by atoms with van der Waals surface area (Å²) < 4.78 is 15.6. The van der Waals surface area contributed by atoms with E-state index in [-0.39, 0.29) is 45.4 Å². The van der Waals surface area contributed by atoms with Gasteiger partial charge in [-0.25, -0.2) is 14.4 Å². The first kappa shape index (κ1) is 22.5. The Hall–Kier alpha value is -3.17. The van der Waals surface area contributed by atoms with Crippen molar-refractivity contribution in [1.82, 2.24) is 0 Å². The minimum absolute atomic E-state index is 0.0266. The number of thiophene rings is 1. The van der Waals surface area contributed by atoms with Crippen molar-refractivity contribution in [2.75, 3.05) is 18.5 Å². The zero-order valence-corrected chi connectivity index (χ0v) is 18.4. The van der Waals surface area contributed by atoms with E-state index in [4.69, 9.17) is 25.5 Å². The molecule has 2 heterocycles. The van der Waals surface area contributed by atoms with E-state index < -0.39 is 23.5 Å². The topological polar surface area (TPSA) is 112 Å². The van der Waals surface area contributed by atoms with Gasteiger partial charge in [-0.15, -0.1) is 11.3 Å². The number of rotatable bonds is 6. The fraction of sp³-hybridized carbons (Fsp3) is 0.238. The molecule has 162 valence electrons. The minimum Gasteiger partial charge on any atom is -0.462 e. The van der Waals surface area contributed by atoms with Crippen LogP contribution in [0.4, 0.5) is 5.00 Å². The molecule has 10 heteroatoms. The second-order valence-electron chi connectivity index (χ2n) is 6.26. The molecule has 8 nitrogen and oxygen atoms in total. The Labute approximate surface area is 185 Å². The number of esters is 2. The van der Waals surface area contributed by atoms with Gasteiger partial charge >= 0.3 is 17.6 Å². The molecule has 0 saturated heterocycles. The maximum Gasteiger partial charge on any atom is 0.349 e. The molecule has 0 spiro atoms. The number of halogens is 1. The average molecular weight is 464 g/mol. The predicted octanol–water partition coefficient (Wildman–Crippen LogP) is 4.49. The number of hydrogen-bond donors (Lipinski definition) is 1. The van der Waals surface area contributed by atoms with Gasteiger partial charge in [0.25, 0.3) is 0 Å². The molecule has 3 rings (SSSR count). The molecule has 0 atom stereocenters. The van der Waals surface area contributed by atoms with Crippen LogP contribution in [-0.4, -0.2) is 31.1 Å². The van der Waals surface area contributed by atoms with Gasteiger partial charge in [-0.3, -0.25) is 4.79 Å². The monoisotopic (exact) mass is 463 g/mol. The van der Waals surface area contributed by atoms with Gasteiger partial charge in [0.05, 0.1) is 18.8 Å². The fourth-order valence-electron chi connectivity index (χ4n) is 2.94. The lowest BCUT2D eigenvalue weighted by atomic mass is 10.0. The van der Waals surface area contributed by atoms with Crippen molar-refractivity contribution in [3.05, 3.63) is 50.1 Å². The number of anilines is 1. The van der Waals surface area contributed by atoms with Crippen LogP contribution in [0.3, 0.4) is 0 Å². The van der Waals surface area contributed by atoms with E-state index in [9.17, 15) is 19.2 Å². The van der Waals surface area contributed by atoms with Crippen LogP contribution in [0.1, 0.15) is 40.8 Å². The number of fused-ring (bicyclic) bond motifs is 1. The number of amides is 1. The summed E-state index contributed by atoms with van der Waals surface area (Å²) >= 11 is 6.87. The standard InChI is InChI=1S/C21H18ClNO7S/c1-4-28-20(26)16-15(17(21(27)29-5-2)31-18(16)23-10(3)24)13-9-11-8-12(22)6-7-14(11)30-19(13)25/h6-9H,4-5H2,1-3H3,(H,23,24). The van der Waals surface area contributed by atoms with Gasteiger partial charge < -0.3 is 19.2 Å². The fourth-order valence-corrected chi connectivity index (χ4v) is 4.27. The molecular weight excluding hydrogens is 446 g/mol. The Bertz CT molecular complexity index is 1240.